The highest BCUT2D eigenvalue weighted by atomic mass is 19.3. The van der Waals surface area contributed by atoms with E-state index >= 15 is 0 Å². The van der Waals surface area contributed by atoms with Crippen LogP contribution in [0, 0.1) is 23.1 Å². The van der Waals surface area contributed by atoms with Gasteiger partial charge in [0.2, 0.25) is 0 Å². The van der Waals surface area contributed by atoms with Crippen molar-refractivity contribution in [2.24, 2.45) is 5.92 Å². The number of nitrogens with zero attached hydrogens (tertiary/aromatic N) is 1. The van der Waals surface area contributed by atoms with Crippen molar-refractivity contribution in [3.8, 4) is 6.07 Å². The van der Waals surface area contributed by atoms with Gasteiger partial charge < -0.3 is 4.74 Å². The Kier molecular flexibility index (Phi) is 7.33. The largest absolute Gasteiger partial charge is 0.360 e. The third-order valence-corrected chi connectivity index (χ3v) is 5.70. The first-order chi connectivity index (χ1) is 14.4. The average Bonchev–Trinajstić information content (AvgIpc) is 2.73. The lowest BCUT2D eigenvalue weighted by Gasteiger charge is -2.27. The molecule has 1 saturated carbocycles. The Balaban J connectivity index is 1.53. The van der Waals surface area contributed by atoms with Gasteiger partial charge in [-0.2, -0.15) is 14.0 Å². The molecular formula is C25H26F3NO. The van der Waals surface area contributed by atoms with Crippen molar-refractivity contribution in [3.05, 3.63) is 82.7 Å². The highest BCUT2D eigenvalue weighted by Gasteiger charge is 2.31. The fourth-order valence-corrected chi connectivity index (χ4v) is 4.04. The second kappa shape index (κ2) is 9.95. The number of halogens is 3. The molecule has 1 aliphatic rings. The van der Waals surface area contributed by atoms with Gasteiger partial charge in [0.1, 0.15) is 11.9 Å². The predicted molar refractivity (Wildman–Crippen MR) is 111 cm³/mol. The van der Waals surface area contributed by atoms with Crippen LogP contribution in [0.25, 0.3) is 0 Å². The molecule has 30 heavy (non-hydrogen) atoms. The SMILES string of the molecule is C/C=C/C1CCC(c2ccc(COC(F)(F)Cc3ccc(C#N)c(F)c3)cc2)CC1. The van der Waals surface area contributed by atoms with Gasteiger partial charge in [-0.3, -0.25) is 0 Å². The lowest BCUT2D eigenvalue weighted by atomic mass is 9.78. The summed E-state index contributed by atoms with van der Waals surface area (Å²) in [6.07, 6.45) is 4.88. The van der Waals surface area contributed by atoms with Crippen molar-refractivity contribution in [3.63, 3.8) is 0 Å². The molecule has 0 saturated heterocycles. The maximum Gasteiger partial charge on any atom is 0.360 e. The minimum atomic E-state index is -3.43. The summed E-state index contributed by atoms with van der Waals surface area (Å²) in [7, 11) is 0. The number of nitriles is 1. The summed E-state index contributed by atoms with van der Waals surface area (Å²) < 4.78 is 46.8. The van der Waals surface area contributed by atoms with Crippen LogP contribution in [0.1, 0.15) is 60.8 Å². The Morgan fingerprint density at radius 2 is 1.73 bits per heavy atom. The van der Waals surface area contributed by atoms with Gasteiger partial charge in [-0.15, -0.1) is 0 Å². The molecule has 2 aromatic carbocycles. The molecule has 1 aliphatic carbocycles. The van der Waals surface area contributed by atoms with E-state index in [2.05, 4.69) is 19.1 Å². The van der Waals surface area contributed by atoms with E-state index in [9.17, 15) is 13.2 Å². The van der Waals surface area contributed by atoms with Crippen LogP contribution < -0.4 is 0 Å². The van der Waals surface area contributed by atoms with E-state index in [4.69, 9.17) is 10.00 Å². The van der Waals surface area contributed by atoms with E-state index in [1.54, 1.807) is 6.07 Å². The molecule has 158 valence electrons. The summed E-state index contributed by atoms with van der Waals surface area (Å²) in [5.41, 5.74) is 1.84. The van der Waals surface area contributed by atoms with Crippen molar-refractivity contribution in [2.75, 3.05) is 0 Å². The predicted octanol–water partition coefficient (Wildman–Crippen LogP) is 6.90. The van der Waals surface area contributed by atoms with Crippen molar-refractivity contribution in [2.45, 2.75) is 57.7 Å². The van der Waals surface area contributed by atoms with Crippen LogP contribution in [0.4, 0.5) is 13.2 Å². The molecule has 0 aliphatic heterocycles. The van der Waals surface area contributed by atoms with Crippen molar-refractivity contribution < 1.29 is 17.9 Å². The molecule has 2 nitrogen and oxygen atoms in total. The van der Waals surface area contributed by atoms with E-state index < -0.39 is 18.3 Å². The first-order valence-electron chi connectivity index (χ1n) is 10.3. The van der Waals surface area contributed by atoms with Crippen LogP contribution in [0.2, 0.25) is 0 Å². The summed E-state index contributed by atoms with van der Waals surface area (Å²) in [6, 6.07) is 12.8. The molecular weight excluding hydrogens is 387 g/mol. The third kappa shape index (κ3) is 5.96. The molecule has 0 radical (unpaired) electrons. The third-order valence-electron chi connectivity index (χ3n) is 5.70. The Labute approximate surface area is 176 Å². The highest BCUT2D eigenvalue weighted by molar-refractivity contribution is 5.33. The summed E-state index contributed by atoms with van der Waals surface area (Å²) in [5.74, 6) is 0.390. The highest BCUT2D eigenvalue weighted by Crippen LogP contribution is 2.36. The van der Waals surface area contributed by atoms with Crippen LogP contribution in [0.3, 0.4) is 0 Å². The minimum absolute atomic E-state index is 0.0837. The zero-order valence-corrected chi connectivity index (χ0v) is 17.1. The average molecular weight is 413 g/mol. The van der Waals surface area contributed by atoms with Crippen LogP contribution in [0.5, 0.6) is 0 Å². The molecule has 0 bridgehead atoms. The molecule has 0 aromatic heterocycles. The molecule has 0 amide bonds. The Hall–Kier alpha value is -2.58. The molecule has 0 spiro atoms. The first kappa shape index (κ1) is 22.1. The normalized spacial score (nSPS) is 19.7. The lowest BCUT2D eigenvalue weighted by molar-refractivity contribution is -0.244. The van der Waals surface area contributed by atoms with Crippen LogP contribution in [-0.2, 0) is 17.8 Å². The number of rotatable bonds is 7. The number of benzene rings is 2. The van der Waals surface area contributed by atoms with Gasteiger partial charge in [-0.05, 0) is 73.3 Å². The number of alkyl halides is 2. The van der Waals surface area contributed by atoms with Crippen LogP contribution >= 0.6 is 0 Å². The molecule has 1 fully saturated rings. The van der Waals surface area contributed by atoms with Gasteiger partial charge in [0.05, 0.1) is 18.6 Å². The quantitative estimate of drug-likeness (QED) is 0.463. The monoisotopic (exact) mass is 413 g/mol. The molecule has 0 N–H and O–H groups in total. The number of hydrogen-bond acceptors (Lipinski definition) is 2. The second-order valence-electron chi connectivity index (χ2n) is 7.91. The summed E-state index contributed by atoms with van der Waals surface area (Å²) in [4.78, 5) is 0. The van der Waals surface area contributed by atoms with Gasteiger partial charge >= 0.3 is 6.11 Å². The molecule has 3 rings (SSSR count). The lowest BCUT2D eigenvalue weighted by Crippen LogP contribution is -2.24. The van der Waals surface area contributed by atoms with Gasteiger partial charge in [-0.1, -0.05) is 42.5 Å². The van der Waals surface area contributed by atoms with Crippen molar-refractivity contribution in [1.82, 2.24) is 0 Å². The molecule has 5 heteroatoms. The fourth-order valence-electron chi connectivity index (χ4n) is 4.04. The molecule has 0 unspecified atom stereocenters. The van der Waals surface area contributed by atoms with E-state index in [1.807, 2.05) is 24.3 Å². The fraction of sp³-hybridized carbons (Fsp3) is 0.400. The van der Waals surface area contributed by atoms with Gasteiger partial charge in [0, 0.05) is 0 Å². The van der Waals surface area contributed by atoms with Crippen molar-refractivity contribution >= 4 is 0 Å². The van der Waals surface area contributed by atoms with E-state index in [0.29, 0.717) is 17.4 Å². The standard InChI is InChI=1S/C25H26F3NO/c1-2-3-18-4-9-21(10-5-18)22-11-6-19(7-12-22)17-30-25(27,28)15-20-8-13-23(16-29)24(26)14-20/h2-3,6-8,11-14,18,21H,4-5,9-10,15,17H2,1H3/b3-2+. The maximum absolute atomic E-state index is 14.2. The molecule has 2 aromatic rings. The zero-order valence-electron chi connectivity index (χ0n) is 17.1. The van der Waals surface area contributed by atoms with Gasteiger partial charge in [0.15, 0.2) is 0 Å². The topological polar surface area (TPSA) is 33.0 Å². The summed E-state index contributed by atoms with van der Waals surface area (Å²) in [5, 5.41) is 8.72. The van der Waals surface area contributed by atoms with Gasteiger partial charge in [-0.25, -0.2) is 4.39 Å². The van der Waals surface area contributed by atoms with E-state index in [0.717, 1.165) is 18.9 Å². The number of allylic oxidation sites excluding steroid dienone is 2. The Morgan fingerprint density at radius 1 is 1.07 bits per heavy atom. The Bertz CT molecular complexity index is 907. The van der Waals surface area contributed by atoms with Crippen LogP contribution in [-0.4, -0.2) is 6.11 Å². The van der Waals surface area contributed by atoms with Gasteiger partial charge in [0.25, 0.3) is 0 Å². The zero-order chi connectivity index (χ0) is 21.6. The number of hydrogen-bond donors (Lipinski definition) is 0. The summed E-state index contributed by atoms with van der Waals surface area (Å²) >= 11 is 0. The smallest absolute Gasteiger partial charge is 0.315 e. The molecule has 0 heterocycles. The summed E-state index contributed by atoms with van der Waals surface area (Å²) in [6.45, 7) is 1.83. The molecule has 0 atom stereocenters. The second-order valence-corrected chi connectivity index (χ2v) is 7.91. The Morgan fingerprint density at radius 3 is 2.33 bits per heavy atom. The van der Waals surface area contributed by atoms with E-state index in [1.165, 1.54) is 30.5 Å². The maximum atomic E-state index is 14.2. The van der Waals surface area contributed by atoms with Crippen molar-refractivity contribution in [1.29, 1.82) is 5.26 Å². The van der Waals surface area contributed by atoms with E-state index in [-0.39, 0.29) is 17.7 Å². The van der Waals surface area contributed by atoms with Crippen LogP contribution in [0.15, 0.2) is 54.6 Å². The minimum Gasteiger partial charge on any atom is -0.315 e. The number of ether oxygens (including phenoxy) is 1. The first-order valence-corrected chi connectivity index (χ1v) is 10.3.